The minimum atomic E-state index is -0.268. The van der Waals surface area contributed by atoms with Crippen molar-refractivity contribution in [1.82, 2.24) is 20.4 Å². The number of aliphatic imine (C=N–C) groups is 1. The van der Waals surface area contributed by atoms with E-state index in [4.69, 9.17) is 4.74 Å². The molecule has 0 radical (unpaired) electrons. The lowest BCUT2D eigenvalue weighted by Gasteiger charge is -2.34. The second-order valence-corrected chi connectivity index (χ2v) is 7.14. The van der Waals surface area contributed by atoms with Crippen molar-refractivity contribution in [3.8, 4) is 5.75 Å². The third-order valence-electron chi connectivity index (χ3n) is 4.75. The molecule has 2 aromatic rings. The Bertz CT molecular complexity index is 782. The number of aromatic nitrogens is 2. The monoisotopic (exact) mass is 516 g/mol. The molecule has 0 aliphatic carbocycles. The molecule has 1 aliphatic rings. The van der Waals surface area contributed by atoms with Gasteiger partial charge in [0.05, 0.1) is 18.4 Å². The van der Waals surface area contributed by atoms with Crippen LogP contribution in [-0.4, -0.2) is 54.6 Å². The summed E-state index contributed by atoms with van der Waals surface area (Å²) < 4.78 is 20.6. The van der Waals surface area contributed by atoms with Gasteiger partial charge in [-0.3, -0.25) is 9.67 Å². The molecule has 1 saturated heterocycles. The molecule has 1 aromatic heterocycles. The summed E-state index contributed by atoms with van der Waals surface area (Å²) in [6.45, 7) is 4.51. The summed E-state index contributed by atoms with van der Waals surface area (Å²) in [6.07, 6.45) is 6.09. The van der Waals surface area contributed by atoms with Crippen LogP contribution in [0.5, 0.6) is 5.75 Å². The van der Waals surface area contributed by atoms with Crippen LogP contribution < -0.4 is 20.3 Å². The van der Waals surface area contributed by atoms with Crippen molar-refractivity contribution in [1.29, 1.82) is 0 Å². The first-order chi connectivity index (χ1) is 13.5. The zero-order chi connectivity index (χ0) is 19.9. The second kappa shape index (κ2) is 11.2. The summed E-state index contributed by atoms with van der Waals surface area (Å²) >= 11 is 0. The molecule has 7 nitrogen and oxygen atoms in total. The SMILES string of the molecule is CN=C(NCC(C)Oc1ccc(F)cc1)NC1CCCN(c2cnn(C)c2)C1.I. The Hall–Kier alpha value is -2.04. The third-order valence-corrected chi connectivity index (χ3v) is 4.75. The molecular weight excluding hydrogens is 486 g/mol. The van der Waals surface area contributed by atoms with E-state index >= 15 is 0 Å². The topological polar surface area (TPSA) is 66.7 Å². The van der Waals surface area contributed by atoms with E-state index < -0.39 is 0 Å². The average molecular weight is 516 g/mol. The molecule has 29 heavy (non-hydrogen) atoms. The number of hydrogen-bond donors (Lipinski definition) is 2. The molecule has 1 fully saturated rings. The zero-order valence-corrected chi connectivity index (χ0v) is 19.5. The second-order valence-electron chi connectivity index (χ2n) is 7.14. The maximum absolute atomic E-state index is 13.0. The molecule has 0 amide bonds. The highest BCUT2D eigenvalue weighted by Crippen LogP contribution is 2.19. The van der Waals surface area contributed by atoms with Crippen molar-refractivity contribution < 1.29 is 9.13 Å². The first kappa shape index (κ1) is 23.2. The third kappa shape index (κ3) is 7.06. The number of anilines is 1. The van der Waals surface area contributed by atoms with E-state index in [0.29, 0.717) is 18.3 Å². The minimum absolute atomic E-state index is 0. The van der Waals surface area contributed by atoms with E-state index in [2.05, 4.69) is 25.6 Å². The Kier molecular flexibility index (Phi) is 8.99. The molecule has 2 N–H and O–H groups in total. The van der Waals surface area contributed by atoms with E-state index in [9.17, 15) is 4.39 Å². The summed E-state index contributed by atoms with van der Waals surface area (Å²) in [5.41, 5.74) is 1.15. The molecule has 0 spiro atoms. The molecule has 160 valence electrons. The van der Waals surface area contributed by atoms with Gasteiger partial charge in [0.1, 0.15) is 17.7 Å². The van der Waals surface area contributed by atoms with Gasteiger partial charge in [-0.1, -0.05) is 0 Å². The van der Waals surface area contributed by atoms with Gasteiger partial charge in [-0.15, -0.1) is 24.0 Å². The Balaban J connectivity index is 0.00000300. The van der Waals surface area contributed by atoms with Crippen molar-refractivity contribution in [2.45, 2.75) is 31.9 Å². The number of guanidine groups is 1. The lowest BCUT2D eigenvalue weighted by atomic mass is 10.1. The molecule has 1 aromatic carbocycles. The fourth-order valence-electron chi connectivity index (χ4n) is 3.32. The van der Waals surface area contributed by atoms with E-state index in [1.54, 1.807) is 19.2 Å². The molecule has 9 heteroatoms. The first-order valence-electron chi connectivity index (χ1n) is 9.66. The molecule has 1 aliphatic heterocycles. The highest BCUT2D eigenvalue weighted by atomic mass is 127. The van der Waals surface area contributed by atoms with E-state index in [1.165, 1.54) is 12.1 Å². The summed E-state index contributed by atoms with van der Waals surface area (Å²) in [6, 6.07) is 6.37. The Morgan fingerprint density at radius 3 is 2.79 bits per heavy atom. The number of ether oxygens (including phenoxy) is 1. The summed E-state index contributed by atoms with van der Waals surface area (Å²) in [7, 11) is 3.70. The number of rotatable bonds is 6. The van der Waals surface area contributed by atoms with Crippen molar-refractivity contribution in [2.24, 2.45) is 12.0 Å². The predicted octanol–water partition coefficient (Wildman–Crippen LogP) is 2.78. The van der Waals surface area contributed by atoms with Crippen LogP contribution in [0.2, 0.25) is 0 Å². The van der Waals surface area contributed by atoms with Gasteiger partial charge >= 0.3 is 0 Å². The molecule has 2 unspecified atom stereocenters. The smallest absolute Gasteiger partial charge is 0.191 e. The van der Waals surface area contributed by atoms with Crippen LogP contribution in [-0.2, 0) is 7.05 Å². The highest BCUT2D eigenvalue weighted by molar-refractivity contribution is 14.0. The maximum Gasteiger partial charge on any atom is 0.191 e. The van der Waals surface area contributed by atoms with Gasteiger partial charge < -0.3 is 20.3 Å². The minimum Gasteiger partial charge on any atom is -0.489 e. The predicted molar refractivity (Wildman–Crippen MR) is 125 cm³/mol. The molecule has 0 saturated carbocycles. The maximum atomic E-state index is 13.0. The van der Waals surface area contributed by atoms with Crippen molar-refractivity contribution in [3.05, 3.63) is 42.5 Å². The first-order valence-corrected chi connectivity index (χ1v) is 9.66. The van der Waals surface area contributed by atoms with Crippen molar-refractivity contribution in [3.63, 3.8) is 0 Å². The number of piperidine rings is 1. The van der Waals surface area contributed by atoms with Gasteiger partial charge in [0.2, 0.25) is 0 Å². The van der Waals surface area contributed by atoms with Gasteiger partial charge in [-0.05, 0) is 44.0 Å². The van der Waals surface area contributed by atoms with Gasteiger partial charge in [-0.25, -0.2) is 4.39 Å². The van der Waals surface area contributed by atoms with Gasteiger partial charge in [0.15, 0.2) is 5.96 Å². The van der Waals surface area contributed by atoms with Crippen molar-refractivity contribution >= 4 is 35.6 Å². The number of nitrogens with zero attached hydrogens (tertiary/aromatic N) is 4. The average Bonchev–Trinajstić information content (AvgIpc) is 3.13. The molecule has 0 bridgehead atoms. The van der Waals surface area contributed by atoms with E-state index in [1.807, 2.05) is 31.0 Å². The summed E-state index contributed by atoms with van der Waals surface area (Å²) in [4.78, 5) is 6.68. The Morgan fingerprint density at radius 1 is 1.38 bits per heavy atom. The standard InChI is InChI=1S/C20H29FN6O.HI/c1-15(28-19-8-6-16(21)7-9-19)11-23-20(22-2)25-17-5-4-10-27(13-17)18-12-24-26(3)14-18;/h6-9,12,14-15,17H,4-5,10-11,13H2,1-3H3,(H2,22,23,25);1H. The van der Waals surface area contributed by atoms with E-state index in [-0.39, 0.29) is 35.9 Å². The summed E-state index contributed by atoms with van der Waals surface area (Å²) in [5.74, 6) is 1.14. The van der Waals surface area contributed by atoms with Crippen LogP contribution in [0.25, 0.3) is 0 Å². The molecule has 3 rings (SSSR count). The van der Waals surface area contributed by atoms with Crippen molar-refractivity contribution in [2.75, 3.05) is 31.6 Å². The molecule has 2 atom stereocenters. The van der Waals surface area contributed by atoms with Gasteiger partial charge in [0, 0.05) is 39.4 Å². The number of nitrogens with one attached hydrogen (secondary N) is 2. The van der Waals surface area contributed by atoms with Crippen LogP contribution >= 0.6 is 24.0 Å². The quantitative estimate of drug-likeness (QED) is 0.351. The molecular formula is C20H30FIN6O. The fraction of sp³-hybridized carbons (Fsp3) is 0.500. The normalized spacial score (nSPS) is 18.0. The lowest BCUT2D eigenvalue weighted by Crippen LogP contribution is -2.52. The van der Waals surface area contributed by atoms with Crippen LogP contribution in [0.4, 0.5) is 10.1 Å². The van der Waals surface area contributed by atoms with Crippen LogP contribution in [0.15, 0.2) is 41.7 Å². The summed E-state index contributed by atoms with van der Waals surface area (Å²) in [5, 5.41) is 11.1. The van der Waals surface area contributed by atoms with E-state index in [0.717, 1.165) is 37.6 Å². The van der Waals surface area contributed by atoms with Crippen LogP contribution in [0.1, 0.15) is 19.8 Å². The number of halogens is 2. The van der Waals surface area contributed by atoms with Gasteiger partial charge in [-0.2, -0.15) is 5.10 Å². The molecule has 2 heterocycles. The van der Waals surface area contributed by atoms with Crippen LogP contribution in [0, 0.1) is 5.82 Å². The van der Waals surface area contributed by atoms with Crippen LogP contribution in [0.3, 0.4) is 0 Å². The lowest BCUT2D eigenvalue weighted by molar-refractivity contribution is 0.223. The highest BCUT2D eigenvalue weighted by Gasteiger charge is 2.22. The number of hydrogen-bond acceptors (Lipinski definition) is 4. The Morgan fingerprint density at radius 2 is 2.14 bits per heavy atom. The number of aryl methyl sites for hydroxylation is 1. The van der Waals surface area contributed by atoms with Gasteiger partial charge in [0.25, 0.3) is 0 Å². The number of benzene rings is 1. The largest absolute Gasteiger partial charge is 0.489 e. The zero-order valence-electron chi connectivity index (χ0n) is 17.1. The fourth-order valence-corrected chi connectivity index (χ4v) is 3.32. The Labute approximate surface area is 188 Å².